The van der Waals surface area contributed by atoms with Gasteiger partial charge in [-0.05, 0) is 51.4 Å². The highest BCUT2D eigenvalue weighted by Crippen LogP contribution is 2.60. The number of carbonyl (C=O) groups is 2. The number of carbonyl (C=O) groups excluding carboxylic acids is 2. The second-order valence-electron chi connectivity index (χ2n) is 14.6. The first-order valence-corrected chi connectivity index (χ1v) is 17.4. The fraction of sp³-hybridized carbons (Fsp3) is 0.758. The first-order valence-electron chi connectivity index (χ1n) is 17.4. The summed E-state index contributed by atoms with van der Waals surface area (Å²) >= 11 is 0. The number of hydrogen-bond acceptors (Lipinski definition) is 14. The van der Waals surface area contributed by atoms with Crippen LogP contribution in [-0.4, -0.2) is 78.3 Å². The van der Waals surface area contributed by atoms with Crippen molar-refractivity contribution in [1.29, 1.82) is 0 Å². The fourth-order valence-electron chi connectivity index (χ4n) is 8.47. The van der Waals surface area contributed by atoms with Crippen LogP contribution in [0, 0.1) is 30.6 Å². The third-order valence-electron chi connectivity index (χ3n) is 11.2. The predicted molar refractivity (Wildman–Crippen MR) is 167 cm³/mol. The Hall–Kier alpha value is -3.48. The highest BCUT2D eigenvalue weighted by atomic mass is 17.3. The summed E-state index contributed by atoms with van der Waals surface area (Å²) in [5.41, 5.74) is -1.13. The van der Waals surface area contributed by atoms with E-state index in [1.165, 1.54) is 15.4 Å². The molecule has 7 heterocycles. The van der Waals surface area contributed by atoms with Crippen molar-refractivity contribution in [1.82, 2.24) is 24.5 Å². The van der Waals surface area contributed by atoms with Crippen molar-refractivity contribution in [3.05, 3.63) is 44.5 Å². The molecule has 2 aromatic rings. The van der Waals surface area contributed by atoms with Crippen molar-refractivity contribution in [2.45, 2.75) is 128 Å². The molecular weight excluding hydrogens is 658 g/mol. The number of aliphatic hydroxyl groups excluding tert-OH is 1. The third kappa shape index (κ3) is 6.32. The predicted octanol–water partition coefficient (Wildman–Crippen LogP) is 1.92. The van der Waals surface area contributed by atoms with Gasteiger partial charge in [0.15, 0.2) is 11.9 Å². The summed E-state index contributed by atoms with van der Waals surface area (Å²) in [5.74, 6) is -1.42. The molecule has 6 fully saturated rings. The Kier molecular flexibility index (Phi) is 9.49. The van der Waals surface area contributed by atoms with Crippen molar-refractivity contribution >= 4 is 11.9 Å². The number of ether oxygens (including phenoxy) is 5. The quantitative estimate of drug-likeness (QED) is 0.268. The molecule has 1 aliphatic carbocycles. The lowest BCUT2D eigenvalue weighted by Crippen LogP contribution is -2.70. The summed E-state index contributed by atoms with van der Waals surface area (Å²) in [7, 11) is 0. The van der Waals surface area contributed by atoms with Crippen molar-refractivity contribution in [3.63, 3.8) is 0 Å². The summed E-state index contributed by atoms with van der Waals surface area (Å²) < 4.78 is 32.5. The largest absolute Gasteiger partial charge is 0.459 e. The van der Waals surface area contributed by atoms with E-state index < -0.39 is 65.5 Å². The lowest BCUT2D eigenvalue weighted by molar-refractivity contribution is -0.576. The van der Waals surface area contributed by atoms with Gasteiger partial charge in [0.05, 0.1) is 18.8 Å². The van der Waals surface area contributed by atoms with Crippen LogP contribution in [0.25, 0.3) is 0 Å². The minimum atomic E-state index is -0.926. The number of fused-ring (bicyclic) bond motifs is 2. The number of aliphatic hydroxyl groups is 1. The first-order chi connectivity index (χ1) is 23.9. The zero-order chi connectivity index (χ0) is 35.4. The molecule has 6 aliphatic rings. The molecule has 5 aliphatic heterocycles. The van der Waals surface area contributed by atoms with Gasteiger partial charge in [-0.15, -0.1) is 5.10 Å². The van der Waals surface area contributed by atoms with E-state index in [1.54, 1.807) is 13.1 Å². The Bertz CT molecular complexity index is 1710. The average molecular weight is 704 g/mol. The van der Waals surface area contributed by atoms with Crippen LogP contribution in [0.4, 0.5) is 0 Å². The molecule has 0 aromatic carbocycles. The van der Waals surface area contributed by atoms with Gasteiger partial charge in [-0.2, -0.15) is 0 Å². The van der Waals surface area contributed by atoms with Gasteiger partial charge in [0, 0.05) is 49.3 Å². The molecule has 2 aromatic heterocycles. The molecule has 8 rings (SSSR count). The highest BCUT2D eigenvalue weighted by molar-refractivity contribution is 5.72. The van der Waals surface area contributed by atoms with Crippen molar-refractivity contribution in [2.24, 2.45) is 23.7 Å². The SMILES string of the molecule is Cc1cn([C@H]2C[C@H](n3cc(COC(=O)CCCC(=O)O[C@@H]4O[C@@H]5O[C@@]6(C)CC[C@H]7[C@H](C)CC[C@@H]([C@H]4C)[C@@]57OO6)nn3)[C@@H](CO)O2)c(=O)[nH]c1=O. The Balaban J connectivity index is 0.881. The van der Waals surface area contributed by atoms with E-state index in [-0.39, 0.29) is 56.7 Å². The van der Waals surface area contributed by atoms with Crippen molar-refractivity contribution in [3.8, 4) is 0 Å². The number of nitrogens with zero attached hydrogens (tertiary/aromatic N) is 4. The number of nitrogens with one attached hydrogen (secondary N) is 1. The van der Waals surface area contributed by atoms with E-state index in [2.05, 4.69) is 22.2 Å². The maximum Gasteiger partial charge on any atom is 0.330 e. The molecule has 274 valence electrons. The normalized spacial score (nSPS) is 37.6. The summed E-state index contributed by atoms with van der Waals surface area (Å²) in [6.07, 6.45) is 4.02. The van der Waals surface area contributed by atoms with E-state index in [9.17, 15) is 24.3 Å². The lowest BCUT2D eigenvalue weighted by atomic mass is 9.58. The van der Waals surface area contributed by atoms with Crippen LogP contribution >= 0.6 is 0 Å². The topological polar surface area (TPSA) is 205 Å². The Morgan fingerprint density at radius 3 is 2.68 bits per heavy atom. The molecule has 5 saturated heterocycles. The van der Waals surface area contributed by atoms with Crippen LogP contribution in [-0.2, 0) is 49.7 Å². The van der Waals surface area contributed by atoms with Gasteiger partial charge >= 0.3 is 17.6 Å². The second kappa shape index (κ2) is 13.6. The molecular formula is C33H45N5O12. The maximum absolute atomic E-state index is 12.9. The van der Waals surface area contributed by atoms with Gasteiger partial charge in [0.25, 0.3) is 5.56 Å². The smallest absolute Gasteiger partial charge is 0.330 e. The van der Waals surface area contributed by atoms with E-state index in [0.29, 0.717) is 23.6 Å². The van der Waals surface area contributed by atoms with Crippen molar-refractivity contribution < 1.29 is 48.2 Å². The standard InChI is InChI=1S/C33H45N5O12/c1-17-8-9-22-19(3)29(47-30-33(22)21(17)10-11-32(4,48-30)49-50-33)46-27(41)7-5-6-26(40)44-16-20-14-38(36-35-20)23-12-25(45-24(23)15-39)37-13-18(2)28(42)34-31(37)43/h13-14,17,19,21-25,29-30,39H,5-12,15-16H2,1-4H3,(H,34,42,43)/t17-,19-,21+,22+,23+,24-,25-,29-,30-,32-,33-/m1/s1. The maximum atomic E-state index is 12.9. The lowest BCUT2D eigenvalue weighted by Gasteiger charge is -2.59. The fourth-order valence-corrected chi connectivity index (χ4v) is 8.47. The molecule has 11 atom stereocenters. The third-order valence-corrected chi connectivity index (χ3v) is 11.2. The van der Waals surface area contributed by atoms with Gasteiger partial charge < -0.3 is 28.8 Å². The number of esters is 2. The summed E-state index contributed by atoms with van der Waals surface area (Å²) in [5, 5.41) is 18.1. The van der Waals surface area contributed by atoms with Crippen LogP contribution in [0.2, 0.25) is 0 Å². The number of hydrogen-bond donors (Lipinski definition) is 2. The van der Waals surface area contributed by atoms with Crippen LogP contribution in [0.1, 0.15) is 95.7 Å². The number of rotatable bonds is 10. The monoisotopic (exact) mass is 703 g/mol. The molecule has 0 unspecified atom stereocenters. The highest BCUT2D eigenvalue weighted by Gasteiger charge is 2.69. The first kappa shape index (κ1) is 34.9. The van der Waals surface area contributed by atoms with E-state index in [1.807, 2.05) is 13.8 Å². The van der Waals surface area contributed by atoms with Gasteiger partial charge in [0.1, 0.15) is 24.6 Å². The molecule has 17 nitrogen and oxygen atoms in total. The summed E-state index contributed by atoms with van der Waals surface area (Å²) in [6, 6.07) is -0.468. The van der Waals surface area contributed by atoms with E-state index >= 15 is 0 Å². The summed E-state index contributed by atoms with van der Waals surface area (Å²) in [4.78, 5) is 63.8. The zero-order valence-corrected chi connectivity index (χ0v) is 28.6. The molecule has 1 saturated carbocycles. The minimum Gasteiger partial charge on any atom is -0.459 e. The molecule has 1 spiro atoms. The average Bonchev–Trinajstić information content (AvgIpc) is 3.67. The summed E-state index contributed by atoms with van der Waals surface area (Å²) in [6.45, 7) is 7.18. The van der Waals surface area contributed by atoms with Crippen LogP contribution in [0.15, 0.2) is 22.0 Å². The van der Waals surface area contributed by atoms with E-state index in [0.717, 1.165) is 19.3 Å². The van der Waals surface area contributed by atoms with Crippen LogP contribution in [0.5, 0.6) is 0 Å². The molecule has 50 heavy (non-hydrogen) atoms. The molecule has 0 radical (unpaired) electrons. The van der Waals surface area contributed by atoms with Gasteiger partial charge in [-0.3, -0.25) is 23.9 Å². The molecule has 2 N–H and O–H groups in total. The number of H-pyrrole nitrogens is 1. The number of aryl methyl sites for hydroxylation is 1. The molecule has 17 heteroatoms. The Morgan fingerprint density at radius 1 is 1.08 bits per heavy atom. The number of aromatic amines is 1. The molecule has 0 amide bonds. The number of aromatic nitrogens is 5. The van der Waals surface area contributed by atoms with Crippen molar-refractivity contribution in [2.75, 3.05) is 6.61 Å². The second-order valence-corrected chi connectivity index (χ2v) is 14.6. The van der Waals surface area contributed by atoms with Crippen LogP contribution < -0.4 is 11.2 Å². The Morgan fingerprint density at radius 2 is 1.88 bits per heavy atom. The van der Waals surface area contributed by atoms with Crippen LogP contribution in [0.3, 0.4) is 0 Å². The minimum absolute atomic E-state index is 0.000506. The Labute approximate surface area is 287 Å². The molecule has 2 bridgehead atoms. The zero-order valence-electron chi connectivity index (χ0n) is 28.6. The van der Waals surface area contributed by atoms with E-state index in [4.69, 9.17) is 33.5 Å². The van der Waals surface area contributed by atoms with Gasteiger partial charge in [-0.1, -0.05) is 19.1 Å². The van der Waals surface area contributed by atoms with Gasteiger partial charge in [-0.25, -0.2) is 19.3 Å². The van der Waals surface area contributed by atoms with Gasteiger partial charge in [0.2, 0.25) is 12.1 Å².